The smallest absolute Gasteiger partial charge is 0.235 e. The summed E-state index contributed by atoms with van der Waals surface area (Å²) < 4.78 is 5.43. The largest absolute Gasteiger partial charge is 0.505 e. The monoisotopic (exact) mass is 581 g/mol. The lowest BCUT2D eigenvalue weighted by Gasteiger charge is -2.60. The van der Waals surface area contributed by atoms with Crippen LogP contribution in [0.4, 0.5) is 11.4 Å². The lowest BCUT2D eigenvalue weighted by Crippen LogP contribution is -2.85. The van der Waals surface area contributed by atoms with Gasteiger partial charge in [-0.05, 0) is 38.6 Å². The summed E-state index contributed by atoms with van der Waals surface area (Å²) in [6.45, 7) is 1.72. The van der Waals surface area contributed by atoms with Crippen LogP contribution in [0.5, 0.6) is 5.75 Å². The van der Waals surface area contributed by atoms with E-state index >= 15 is 0 Å². The molecule has 1 saturated heterocycles. The highest BCUT2D eigenvalue weighted by Gasteiger charge is 2.78. The number of hydrogen-bond donors (Lipinski definition) is 4. The predicted molar refractivity (Wildman–Crippen MR) is 149 cm³/mol. The van der Waals surface area contributed by atoms with Crippen molar-refractivity contribution in [2.75, 3.05) is 64.3 Å². The number of rotatable bonds is 4. The quantitative estimate of drug-likeness (QED) is 0.275. The van der Waals surface area contributed by atoms with Crippen LogP contribution in [0.15, 0.2) is 6.07 Å². The summed E-state index contributed by atoms with van der Waals surface area (Å²) in [6, 6.07) is 2.01. The molecule has 1 aliphatic heterocycles. The van der Waals surface area contributed by atoms with Crippen LogP contribution in [0.1, 0.15) is 22.3 Å². The predicted octanol–water partition coefficient (Wildman–Crippen LogP) is -2.29. The average molecular weight is 582 g/mol. The lowest BCUT2D eigenvalue weighted by molar-refractivity contribution is -0.166. The number of ether oxygens (including phenoxy) is 1. The Morgan fingerprint density at radius 3 is 2.26 bits per heavy atom. The van der Waals surface area contributed by atoms with Gasteiger partial charge in [-0.15, -0.1) is 0 Å². The minimum Gasteiger partial charge on any atom is -0.505 e. The second-order valence-corrected chi connectivity index (χ2v) is 12.2. The molecule has 14 nitrogen and oxygen atoms in total. The molecule has 1 amide bonds. The first-order valence-electron chi connectivity index (χ1n) is 13.6. The molecule has 0 spiro atoms. The van der Waals surface area contributed by atoms with Crippen LogP contribution in [0.2, 0.25) is 0 Å². The molecule has 42 heavy (non-hydrogen) atoms. The Morgan fingerprint density at radius 2 is 1.74 bits per heavy atom. The van der Waals surface area contributed by atoms with Gasteiger partial charge in [-0.25, -0.2) is 0 Å². The number of nitrogens with two attached hydrogens (primary N) is 3. The van der Waals surface area contributed by atoms with Gasteiger partial charge in [-0.2, -0.15) is 5.26 Å². The molecule has 6 atom stereocenters. The van der Waals surface area contributed by atoms with Crippen molar-refractivity contribution in [3.8, 4) is 11.8 Å². The number of amides is 1. The van der Waals surface area contributed by atoms with Crippen LogP contribution in [-0.2, 0) is 30.3 Å². The third kappa shape index (κ3) is 3.60. The molecular weight excluding hydrogens is 546 g/mol. The summed E-state index contributed by atoms with van der Waals surface area (Å²) in [5.74, 6) is -9.91. The van der Waals surface area contributed by atoms with Crippen molar-refractivity contribution in [3.05, 3.63) is 17.2 Å². The van der Waals surface area contributed by atoms with E-state index in [4.69, 9.17) is 21.9 Å². The molecular formula is C28H35N7O7. The lowest BCUT2D eigenvalue weighted by atomic mass is 9.42. The topological polar surface area (TPSA) is 226 Å². The van der Waals surface area contributed by atoms with Gasteiger partial charge in [0.1, 0.15) is 11.7 Å². The average Bonchev–Trinajstić information content (AvgIpc) is 2.88. The molecule has 1 aromatic carbocycles. The zero-order chi connectivity index (χ0) is 31.1. The van der Waals surface area contributed by atoms with Crippen molar-refractivity contribution in [3.63, 3.8) is 0 Å². The fourth-order valence-electron chi connectivity index (χ4n) is 7.69. The van der Waals surface area contributed by atoms with Gasteiger partial charge in [-0.1, -0.05) is 0 Å². The minimum absolute atomic E-state index is 0.128. The number of nitrogens with zero attached hydrogens (tertiary/aromatic N) is 4. The molecule has 3 aliphatic carbocycles. The van der Waals surface area contributed by atoms with Gasteiger partial charge < -0.3 is 36.8 Å². The van der Waals surface area contributed by atoms with Crippen molar-refractivity contribution >= 4 is 40.4 Å². The number of carbonyl (C=O) groups excluding carboxylic acids is 5. The number of benzene rings is 1. The van der Waals surface area contributed by atoms with Crippen LogP contribution in [-0.4, -0.2) is 111 Å². The Kier molecular flexibility index (Phi) is 6.74. The van der Waals surface area contributed by atoms with E-state index < -0.39 is 69.8 Å². The van der Waals surface area contributed by atoms with E-state index in [9.17, 15) is 34.3 Å². The number of phenolic OH excluding ortho intramolecular Hbond substituents is 1. The van der Waals surface area contributed by atoms with Gasteiger partial charge in [0.25, 0.3) is 0 Å². The Hall–Kier alpha value is -3.90. The van der Waals surface area contributed by atoms with Gasteiger partial charge in [-0.3, -0.25) is 28.9 Å². The van der Waals surface area contributed by atoms with Crippen molar-refractivity contribution in [1.29, 1.82) is 5.26 Å². The van der Waals surface area contributed by atoms with Gasteiger partial charge in [0, 0.05) is 38.4 Å². The maximum Gasteiger partial charge on any atom is 0.235 e. The van der Waals surface area contributed by atoms with Crippen molar-refractivity contribution < 1.29 is 33.8 Å². The maximum atomic E-state index is 14.5. The van der Waals surface area contributed by atoms with Crippen LogP contribution >= 0.6 is 0 Å². The number of fused-ring (bicyclic) bond motifs is 3. The fourth-order valence-corrected chi connectivity index (χ4v) is 7.69. The van der Waals surface area contributed by atoms with E-state index in [1.54, 1.807) is 31.1 Å². The number of morpholine rings is 1. The number of carbonyl (C=O) groups is 5. The molecule has 0 bridgehead atoms. The number of Topliss-reactive ketones (excluding diaryl/α,β-unsaturated/α-hetero) is 4. The highest BCUT2D eigenvalue weighted by atomic mass is 16.5. The first-order valence-corrected chi connectivity index (χ1v) is 13.6. The molecule has 1 aromatic rings. The number of anilines is 2. The molecule has 3 fully saturated rings. The van der Waals surface area contributed by atoms with Crippen molar-refractivity contribution in [2.45, 2.75) is 30.0 Å². The molecule has 7 N–H and O–H groups in total. The number of likely N-dealkylation sites (N-methyl/N-ethyl adjacent to an activating group) is 1. The molecule has 4 aliphatic rings. The standard InChI is InChI=1S/C28H35N7O7/c1-33(2)14-9-15(35-5-7-42-8-6-35)19(36)16-13(14)10-26(31)11-28(32)22(34(3)4)21(38)17(25(30)41)23(39)27(28,12-29)24(40)18(26)20(16)37/h9,17-18,22,36H,5-8,10-11,31-32H2,1-4H3,(H2,30,41)/t17?,18?,22-,26-,27+,28-/m1/s1. The molecule has 5 rings (SSSR count). The van der Waals surface area contributed by atoms with Crippen LogP contribution in [0.3, 0.4) is 0 Å². The third-order valence-electron chi connectivity index (χ3n) is 9.38. The van der Waals surface area contributed by atoms with Gasteiger partial charge in [0.05, 0.1) is 42.1 Å². The summed E-state index contributed by atoms with van der Waals surface area (Å²) in [4.78, 5) is 73.6. The minimum atomic E-state index is -2.78. The van der Waals surface area contributed by atoms with E-state index in [0.717, 1.165) is 0 Å². The molecule has 0 aromatic heterocycles. The Morgan fingerprint density at radius 1 is 1.12 bits per heavy atom. The molecule has 2 unspecified atom stereocenters. The third-order valence-corrected chi connectivity index (χ3v) is 9.38. The number of aromatic hydroxyl groups is 1. The first-order chi connectivity index (χ1) is 19.6. The van der Waals surface area contributed by atoms with Gasteiger partial charge >= 0.3 is 0 Å². The molecule has 2 saturated carbocycles. The van der Waals surface area contributed by atoms with Crippen LogP contribution in [0, 0.1) is 28.6 Å². The summed E-state index contributed by atoms with van der Waals surface area (Å²) in [5.41, 5.74) is 13.7. The second-order valence-electron chi connectivity index (χ2n) is 12.2. The zero-order valence-electron chi connectivity index (χ0n) is 24.0. The second kappa shape index (κ2) is 9.56. The highest BCUT2D eigenvalue weighted by Crippen LogP contribution is 2.57. The fraction of sp³-hybridized carbons (Fsp3) is 0.571. The van der Waals surface area contributed by atoms with E-state index in [-0.39, 0.29) is 17.7 Å². The van der Waals surface area contributed by atoms with E-state index in [1.165, 1.54) is 19.0 Å². The van der Waals surface area contributed by atoms with Crippen molar-refractivity contribution in [2.24, 2.45) is 34.5 Å². The normalized spacial score (nSPS) is 34.4. The maximum absolute atomic E-state index is 14.5. The van der Waals surface area contributed by atoms with Crippen LogP contribution in [0.25, 0.3) is 0 Å². The zero-order valence-corrected chi connectivity index (χ0v) is 24.0. The van der Waals surface area contributed by atoms with E-state index in [1.807, 2.05) is 4.90 Å². The Balaban J connectivity index is 1.76. The summed E-state index contributed by atoms with van der Waals surface area (Å²) >= 11 is 0. The Bertz CT molecular complexity index is 1480. The van der Waals surface area contributed by atoms with E-state index in [0.29, 0.717) is 43.2 Å². The molecule has 1 heterocycles. The van der Waals surface area contributed by atoms with Crippen molar-refractivity contribution in [1.82, 2.24) is 4.90 Å². The number of primary amides is 1. The molecule has 14 heteroatoms. The molecule has 224 valence electrons. The summed E-state index contributed by atoms with van der Waals surface area (Å²) in [7, 11) is 6.45. The van der Waals surface area contributed by atoms with E-state index in [2.05, 4.69) is 0 Å². The first kappa shape index (κ1) is 29.6. The number of hydrogen-bond acceptors (Lipinski definition) is 13. The number of ketones is 4. The van der Waals surface area contributed by atoms with Crippen LogP contribution < -0.4 is 27.0 Å². The summed E-state index contributed by atoms with van der Waals surface area (Å²) in [5, 5.41) is 22.0. The number of phenols is 1. The summed E-state index contributed by atoms with van der Waals surface area (Å²) in [6.07, 6.45) is -0.586. The SMILES string of the molecule is CN(C)c1cc(N2CCOCC2)c(O)c2c1C[C@@]1(N)C[C@@]3(N)[C@H](N(C)C)C(=O)C(C(N)=O)C(=O)[C@@]3(C#N)C(=O)C1C2=O. The van der Waals surface area contributed by atoms with Gasteiger partial charge in [0.2, 0.25) is 5.91 Å². The number of nitriles is 1. The van der Waals surface area contributed by atoms with Gasteiger partial charge in [0.15, 0.2) is 34.5 Å². The Labute approximate surface area is 242 Å². The molecule has 0 radical (unpaired) electrons. The highest BCUT2D eigenvalue weighted by molar-refractivity contribution is 6.33.